The van der Waals surface area contributed by atoms with Crippen molar-refractivity contribution in [2.75, 3.05) is 39.6 Å². The summed E-state index contributed by atoms with van der Waals surface area (Å²) in [6.07, 6.45) is -28.2. The molecule has 12 nitrogen and oxygen atoms in total. The van der Waals surface area contributed by atoms with Gasteiger partial charge in [0.25, 0.3) is 17.8 Å². The van der Waals surface area contributed by atoms with E-state index in [1.165, 1.54) is 6.92 Å². The molecule has 0 rings (SSSR count). The minimum atomic E-state index is -5.37. The van der Waals surface area contributed by atoms with Crippen LogP contribution in [0, 0.1) is 17.3 Å². The molecule has 2 atom stereocenters. The van der Waals surface area contributed by atoms with Crippen LogP contribution >= 0.6 is 0 Å². The molecule has 0 aliphatic carbocycles. The molecule has 0 amide bonds. The Bertz CT molecular complexity index is 1690. The normalized spacial score (nSPS) is 13.8. The molecule has 32 heteroatoms. The smallest absolute Gasteiger partial charge is 0.394 e. The number of hydrogen-bond acceptors (Lipinski definition) is 12. The molecule has 2 unspecified atom stereocenters. The average Bonchev–Trinajstić information content (AvgIpc) is 3.18. The number of hydrogen-bond donors (Lipinski definition) is 0. The molecule has 0 N–H and O–H groups in total. The Morgan fingerprint density at radius 1 is 0.389 bits per heavy atom. The van der Waals surface area contributed by atoms with Gasteiger partial charge in [-0.25, -0.2) is 49.5 Å². The third kappa shape index (κ3) is 33.2. The lowest BCUT2D eigenvalue weighted by atomic mass is 9.91. The highest BCUT2D eigenvalue weighted by atomic mass is 19.4. The largest absolute Gasteiger partial charge is 0.462 e. The zero-order chi connectivity index (χ0) is 57.5. The maximum atomic E-state index is 13.3. The molecule has 0 radical (unpaired) electrons. The minimum Gasteiger partial charge on any atom is -0.462 e. The first-order valence-corrected chi connectivity index (χ1v) is 20.8. The zero-order valence-electron chi connectivity index (χ0n) is 39.3. The number of halogens is 20. The highest BCUT2D eigenvalue weighted by molar-refractivity contribution is 5.79. The number of rotatable bonds is 28. The van der Waals surface area contributed by atoms with E-state index >= 15 is 0 Å². The molecular formula is C40H54F20O12. The molecule has 0 saturated carbocycles. The Labute approximate surface area is 398 Å². The summed E-state index contributed by atoms with van der Waals surface area (Å²) in [6, 6.07) is 0. The van der Waals surface area contributed by atoms with Gasteiger partial charge >= 0.3 is 65.9 Å². The maximum absolute atomic E-state index is 13.3. The molecule has 0 spiro atoms. The van der Waals surface area contributed by atoms with E-state index in [-0.39, 0.29) is 0 Å². The SMILES string of the molecule is CCC(C)(C)C(=O)OCCOC(=O)C(F)(F)CC(F)(F)CC(F)(F)F.CCC(C)C(=O)OCCOC(=O)C(F)(F)CC(F)(F)CC(F)(F)F.CCC(C)C(=O)OCCOC(=O)C(F)(F)CC(F)(F)CC(F)F. The molecule has 426 valence electrons. The molecule has 0 fully saturated rings. The Hall–Kier alpha value is -4.58. The van der Waals surface area contributed by atoms with Gasteiger partial charge in [-0.3, -0.25) is 14.4 Å². The van der Waals surface area contributed by atoms with Crippen LogP contribution in [-0.4, -0.2) is 130 Å². The van der Waals surface area contributed by atoms with Crippen molar-refractivity contribution in [3.63, 3.8) is 0 Å². The summed E-state index contributed by atoms with van der Waals surface area (Å²) in [5, 5.41) is 0. The summed E-state index contributed by atoms with van der Waals surface area (Å²) in [6.45, 7) is 7.19. The molecule has 0 aromatic heterocycles. The standard InChI is InChI=1S/C14H19F7O4.C13H17F7O4.C13H18F6O4/c1-4-11(2,3)9(22)24-5-6-25-10(23)13(17,18)7-12(15,16)8-14(19,20)21;1-3-8(2)9(21)23-4-5-24-10(22)12(16,17)6-11(14,15)7-13(18,19)20;1-3-8(2)10(20)22-4-5-23-11(21)13(18,19)7-12(16,17)6-9(14)15/h4-8H2,1-3H3;8H,3-7H2,1-2H3;8-9H,3-7H2,1-2H3. The fraction of sp³-hybridized carbons (Fsp3) is 0.850. The van der Waals surface area contributed by atoms with Crippen molar-refractivity contribution in [1.29, 1.82) is 0 Å². The first-order chi connectivity index (χ1) is 32.1. The number of carbonyl (C=O) groups excluding carboxylic acids is 6. The van der Waals surface area contributed by atoms with Crippen molar-refractivity contribution in [3.8, 4) is 0 Å². The molecule has 0 bridgehead atoms. The van der Waals surface area contributed by atoms with Crippen LogP contribution in [0.5, 0.6) is 0 Å². The van der Waals surface area contributed by atoms with Crippen LogP contribution in [0.1, 0.15) is 106 Å². The molecule has 72 heavy (non-hydrogen) atoms. The van der Waals surface area contributed by atoms with Gasteiger partial charge < -0.3 is 28.4 Å². The summed E-state index contributed by atoms with van der Waals surface area (Å²) in [4.78, 5) is 67.1. The first-order valence-electron chi connectivity index (χ1n) is 20.8. The van der Waals surface area contributed by atoms with E-state index < -0.39 is 186 Å². The topological polar surface area (TPSA) is 158 Å². The highest BCUT2D eigenvalue weighted by Gasteiger charge is 2.56. The second-order valence-corrected chi connectivity index (χ2v) is 16.1. The second kappa shape index (κ2) is 30.0. The Morgan fingerprint density at radius 2 is 0.639 bits per heavy atom. The van der Waals surface area contributed by atoms with Crippen LogP contribution in [0.4, 0.5) is 87.8 Å². The second-order valence-electron chi connectivity index (χ2n) is 16.1. The number of alkyl halides is 20. The van der Waals surface area contributed by atoms with E-state index in [1.54, 1.807) is 41.5 Å². The highest BCUT2D eigenvalue weighted by Crippen LogP contribution is 2.41. The quantitative estimate of drug-likeness (QED) is 0.0316. The first kappa shape index (κ1) is 71.7. The lowest BCUT2D eigenvalue weighted by Gasteiger charge is -2.23. The monoisotopic (exact) mass is 1110 g/mol. The molecule has 0 heterocycles. The molecule has 0 aromatic carbocycles. The summed E-state index contributed by atoms with van der Waals surface area (Å²) in [5.41, 5.74) is -0.854. The number of esters is 6. The number of ether oxygens (including phenoxy) is 6. The van der Waals surface area contributed by atoms with Gasteiger partial charge in [0.15, 0.2) is 0 Å². The fourth-order valence-corrected chi connectivity index (χ4v) is 4.30. The van der Waals surface area contributed by atoms with Gasteiger partial charge in [-0.15, -0.1) is 0 Å². The van der Waals surface area contributed by atoms with Crippen LogP contribution < -0.4 is 0 Å². The van der Waals surface area contributed by atoms with Gasteiger partial charge in [0.05, 0.1) is 42.9 Å². The van der Waals surface area contributed by atoms with E-state index in [4.69, 9.17) is 0 Å². The van der Waals surface area contributed by atoms with Crippen molar-refractivity contribution in [2.24, 2.45) is 17.3 Å². The predicted molar refractivity (Wildman–Crippen MR) is 204 cm³/mol. The summed E-state index contributed by atoms with van der Waals surface area (Å²) in [5.74, 6) is -38.3. The van der Waals surface area contributed by atoms with Crippen molar-refractivity contribution in [3.05, 3.63) is 0 Å². The van der Waals surface area contributed by atoms with Crippen molar-refractivity contribution in [1.82, 2.24) is 0 Å². The van der Waals surface area contributed by atoms with Gasteiger partial charge in [-0.2, -0.15) is 52.7 Å². The summed E-state index contributed by atoms with van der Waals surface area (Å²) in [7, 11) is 0. The van der Waals surface area contributed by atoms with Crippen LogP contribution in [0.3, 0.4) is 0 Å². The van der Waals surface area contributed by atoms with E-state index in [2.05, 4.69) is 28.4 Å². The average molecular weight is 1110 g/mol. The van der Waals surface area contributed by atoms with Crippen LogP contribution in [0.25, 0.3) is 0 Å². The molecule has 0 aromatic rings. The Balaban J connectivity index is -0.000000993. The Morgan fingerprint density at radius 3 is 0.875 bits per heavy atom. The molecule has 0 saturated heterocycles. The van der Waals surface area contributed by atoms with Crippen LogP contribution in [0.15, 0.2) is 0 Å². The zero-order valence-corrected chi connectivity index (χ0v) is 39.3. The van der Waals surface area contributed by atoms with Crippen molar-refractivity contribution in [2.45, 2.75) is 161 Å². The third-order valence-electron chi connectivity index (χ3n) is 8.85. The van der Waals surface area contributed by atoms with Crippen LogP contribution in [-0.2, 0) is 57.2 Å². The van der Waals surface area contributed by atoms with Gasteiger partial charge in [-0.1, -0.05) is 34.6 Å². The van der Waals surface area contributed by atoms with E-state index in [0.29, 0.717) is 19.3 Å². The van der Waals surface area contributed by atoms with E-state index in [1.807, 2.05) is 0 Å². The van der Waals surface area contributed by atoms with Gasteiger partial charge in [-0.05, 0) is 33.1 Å². The predicted octanol–water partition coefficient (Wildman–Crippen LogP) is 11.3. The maximum Gasteiger partial charge on any atom is 0.394 e. The minimum absolute atomic E-state index is 0.415. The summed E-state index contributed by atoms with van der Waals surface area (Å²) >= 11 is 0. The van der Waals surface area contributed by atoms with Gasteiger partial charge in [0.2, 0.25) is 6.43 Å². The molecule has 0 aliphatic rings. The number of carbonyl (C=O) groups is 6. The van der Waals surface area contributed by atoms with Gasteiger partial charge in [0.1, 0.15) is 52.5 Å². The lowest BCUT2D eigenvalue weighted by Crippen LogP contribution is -2.40. The third-order valence-corrected chi connectivity index (χ3v) is 8.85. The van der Waals surface area contributed by atoms with Gasteiger partial charge in [0, 0.05) is 0 Å². The van der Waals surface area contributed by atoms with Crippen LogP contribution in [0.2, 0.25) is 0 Å². The van der Waals surface area contributed by atoms with Crippen molar-refractivity contribution < 1.29 is 145 Å². The molecule has 0 aliphatic heterocycles. The summed E-state index contributed by atoms with van der Waals surface area (Å²) < 4.78 is 278. The van der Waals surface area contributed by atoms with Crippen molar-refractivity contribution >= 4 is 35.8 Å². The fourth-order valence-electron chi connectivity index (χ4n) is 4.30. The van der Waals surface area contributed by atoms with E-state index in [9.17, 15) is 117 Å². The van der Waals surface area contributed by atoms with E-state index in [0.717, 1.165) is 0 Å². The lowest BCUT2D eigenvalue weighted by molar-refractivity contribution is -0.215. The Kier molecular flexibility index (Phi) is 29.8. The molecular weight excluding hydrogens is 1050 g/mol.